The Kier molecular flexibility index (Phi) is 10.8. The van der Waals surface area contributed by atoms with Gasteiger partial charge in [-0.2, -0.15) is 0 Å². The molecule has 4 rings (SSSR count). The molecule has 0 bridgehead atoms. The highest BCUT2D eigenvalue weighted by Crippen LogP contribution is 2.17. The molecule has 0 spiro atoms. The summed E-state index contributed by atoms with van der Waals surface area (Å²) in [5.74, 6) is 2.72. The highest BCUT2D eigenvalue weighted by atomic mass is 15.2. The SMILES string of the molecule is CC(C)=CCN(Cc1ncc[nH]1)c1ccccc1.CC(C)CCN(Cc1ncc[nH]1)c1ccccc1. The smallest absolute Gasteiger partial charge is 0.125 e. The van der Waals surface area contributed by atoms with E-state index in [2.05, 4.69) is 118 Å². The van der Waals surface area contributed by atoms with Crippen molar-refractivity contribution in [2.75, 3.05) is 22.9 Å². The van der Waals surface area contributed by atoms with E-state index in [4.69, 9.17) is 0 Å². The predicted octanol–water partition coefficient (Wildman–Crippen LogP) is 6.84. The molecule has 0 saturated heterocycles. The first-order valence-corrected chi connectivity index (χ1v) is 12.7. The molecule has 6 heteroatoms. The number of rotatable bonds is 11. The minimum absolute atomic E-state index is 0.716. The first-order chi connectivity index (χ1) is 17.5. The molecule has 36 heavy (non-hydrogen) atoms. The zero-order valence-corrected chi connectivity index (χ0v) is 22.1. The lowest BCUT2D eigenvalue weighted by molar-refractivity contribution is 0.568. The summed E-state index contributed by atoms with van der Waals surface area (Å²) in [7, 11) is 0. The van der Waals surface area contributed by atoms with Gasteiger partial charge in [0, 0.05) is 49.3 Å². The molecule has 0 amide bonds. The van der Waals surface area contributed by atoms with Crippen LogP contribution < -0.4 is 9.80 Å². The summed E-state index contributed by atoms with van der Waals surface area (Å²) in [4.78, 5) is 19.6. The summed E-state index contributed by atoms with van der Waals surface area (Å²) in [6.45, 7) is 12.3. The number of allylic oxidation sites excluding steroid dienone is 1. The Balaban J connectivity index is 0.000000201. The topological polar surface area (TPSA) is 63.8 Å². The lowest BCUT2D eigenvalue weighted by Gasteiger charge is -2.24. The monoisotopic (exact) mass is 484 g/mol. The van der Waals surface area contributed by atoms with Gasteiger partial charge in [0.2, 0.25) is 0 Å². The van der Waals surface area contributed by atoms with Crippen molar-refractivity contribution in [2.24, 2.45) is 5.92 Å². The molecule has 190 valence electrons. The van der Waals surface area contributed by atoms with Gasteiger partial charge in [-0.05, 0) is 50.5 Å². The van der Waals surface area contributed by atoms with Crippen molar-refractivity contribution >= 4 is 11.4 Å². The fourth-order valence-electron chi connectivity index (χ4n) is 3.68. The molecule has 0 aliphatic heterocycles. The first kappa shape index (κ1) is 26.8. The van der Waals surface area contributed by atoms with Crippen molar-refractivity contribution in [3.8, 4) is 0 Å². The maximum atomic E-state index is 4.31. The molecule has 2 aromatic carbocycles. The Morgan fingerprint density at radius 3 is 1.72 bits per heavy atom. The van der Waals surface area contributed by atoms with Crippen LogP contribution in [-0.2, 0) is 13.1 Å². The van der Waals surface area contributed by atoms with Crippen molar-refractivity contribution < 1.29 is 0 Å². The third kappa shape index (κ3) is 9.45. The second-order valence-electron chi connectivity index (χ2n) is 9.51. The van der Waals surface area contributed by atoms with Crippen LogP contribution in [0.2, 0.25) is 0 Å². The predicted molar refractivity (Wildman–Crippen MR) is 151 cm³/mol. The van der Waals surface area contributed by atoms with E-state index in [1.54, 1.807) is 12.4 Å². The molecular formula is C30H40N6. The molecular weight excluding hydrogens is 444 g/mol. The highest BCUT2D eigenvalue weighted by molar-refractivity contribution is 5.47. The van der Waals surface area contributed by atoms with Crippen LogP contribution >= 0.6 is 0 Å². The molecule has 0 atom stereocenters. The standard InChI is InChI=1S/C15H21N3.C15H19N3/c2*1-13(2)8-11-18(12-15-16-9-10-17-15)14-6-4-3-5-7-14/h3-7,9-10,13H,8,11-12H2,1-2H3,(H,16,17);3-10H,11-12H2,1-2H3,(H,16,17). The van der Waals surface area contributed by atoms with E-state index < -0.39 is 0 Å². The van der Waals surface area contributed by atoms with Crippen LogP contribution in [0.25, 0.3) is 0 Å². The number of imidazole rings is 2. The summed E-state index contributed by atoms with van der Waals surface area (Å²) in [5, 5.41) is 0. The quantitative estimate of drug-likeness (QED) is 0.229. The average Bonchev–Trinajstić information content (AvgIpc) is 3.60. The second-order valence-corrected chi connectivity index (χ2v) is 9.51. The van der Waals surface area contributed by atoms with Crippen molar-refractivity contribution in [2.45, 2.75) is 47.2 Å². The number of benzene rings is 2. The van der Waals surface area contributed by atoms with Crippen LogP contribution in [0.3, 0.4) is 0 Å². The second kappa shape index (κ2) is 14.6. The van der Waals surface area contributed by atoms with E-state index in [1.807, 2.05) is 18.5 Å². The van der Waals surface area contributed by atoms with Crippen LogP contribution in [0.15, 0.2) is 97.1 Å². The van der Waals surface area contributed by atoms with Gasteiger partial charge in [0.1, 0.15) is 11.6 Å². The van der Waals surface area contributed by atoms with Gasteiger partial charge in [-0.25, -0.2) is 9.97 Å². The minimum atomic E-state index is 0.716. The Labute approximate surface area is 216 Å². The molecule has 0 aliphatic rings. The number of nitrogens with one attached hydrogen (secondary N) is 2. The summed E-state index contributed by atoms with van der Waals surface area (Å²) in [6, 6.07) is 20.9. The van der Waals surface area contributed by atoms with Gasteiger partial charge >= 0.3 is 0 Å². The Hall–Kier alpha value is -3.80. The van der Waals surface area contributed by atoms with Gasteiger partial charge in [0.25, 0.3) is 0 Å². The molecule has 2 aromatic heterocycles. The molecule has 0 radical (unpaired) electrons. The van der Waals surface area contributed by atoms with E-state index in [-0.39, 0.29) is 0 Å². The Morgan fingerprint density at radius 1 is 0.778 bits per heavy atom. The molecule has 2 heterocycles. The minimum Gasteiger partial charge on any atom is -0.364 e. The fourth-order valence-corrected chi connectivity index (χ4v) is 3.68. The number of H-pyrrole nitrogens is 2. The van der Waals surface area contributed by atoms with E-state index >= 15 is 0 Å². The molecule has 4 aromatic rings. The van der Waals surface area contributed by atoms with E-state index in [0.29, 0.717) is 5.92 Å². The van der Waals surface area contributed by atoms with E-state index in [9.17, 15) is 0 Å². The molecule has 0 aliphatic carbocycles. The average molecular weight is 485 g/mol. The number of aromatic nitrogens is 4. The highest BCUT2D eigenvalue weighted by Gasteiger charge is 2.09. The molecule has 0 fully saturated rings. The molecule has 0 saturated carbocycles. The van der Waals surface area contributed by atoms with E-state index in [0.717, 1.165) is 37.8 Å². The molecule has 0 unspecified atom stereocenters. The van der Waals surface area contributed by atoms with Crippen molar-refractivity contribution in [1.82, 2.24) is 19.9 Å². The summed E-state index contributed by atoms with van der Waals surface area (Å²) >= 11 is 0. The molecule has 6 nitrogen and oxygen atoms in total. The Morgan fingerprint density at radius 2 is 1.28 bits per heavy atom. The number of hydrogen-bond donors (Lipinski definition) is 2. The Bertz CT molecular complexity index is 1100. The van der Waals surface area contributed by atoms with Crippen LogP contribution in [0.5, 0.6) is 0 Å². The van der Waals surface area contributed by atoms with Crippen molar-refractivity contribution in [3.05, 3.63) is 109 Å². The normalized spacial score (nSPS) is 10.5. The zero-order chi connectivity index (χ0) is 25.6. The third-order valence-electron chi connectivity index (χ3n) is 5.73. The summed E-state index contributed by atoms with van der Waals surface area (Å²) < 4.78 is 0. The van der Waals surface area contributed by atoms with Crippen LogP contribution in [0.1, 0.15) is 45.8 Å². The van der Waals surface area contributed by atoms with Gasteiger partial charge in [-0.15, -0.1) is 0 Å². The number of anilines is 2. The van der Waals surface area contributed by atoms with Crippen LogP contribution in [0, 0.1) is 5.92 Å². The third-order valence-corrected chi connectivity index (χ3v) is 5.73. The zero-order valence-electron chi connectivity index (χ0n) is 22.1. The number of nitrogens with zero attached hydrogens (tertiary/aromatic N) is 4. The molecule has 2 N–H and O–H groups in total. The van der Waals surface area contributed by atoms with Crippen LogP contribution in [-0.4, -0.2) is 33.0 Å². The lowest BCUT2D eigenvalue weighted by atomic mass is 10.1. The van der Waals surface area contributed by atoms with Gasteiger partial charge in [-0.3, -0.25) is 0 Å². The number of hydrogen-bond acceptors (Lipinski definition) is 4. The van der Waals surface area contributed by atoms with Gasteiger partial charge in [-0.1, -0.05) is 61.9 Å². The summed E-state index contributed by atoms with van der Waals surface area (Å²) in [6.07, 6.45) is 10.8. The first-order valence-electron chi connectivity index (χ1n) is 12.7. The van der Waals surface area contributed by atoms with Crippen LogP contribution in [0.4, 0.5) is 11.4 Å². The van der Waals surface area contributed by atoms with Gasteiger partial charge in [0.05, 0.1) is 13.1 Å². The number of aromatic amines is 2. The van der Waals surface area contributed by atoms with Gasteiger partial charge < -0.3 is 19.8 Å². The van der Waals surface area contributed by atoms with Crippen molar-refractivity contribution in [3.63, 3.8) is 0 Å². The maximum absolute atomic E-state index is 4.31. The summed E-state index contributed by atoms with van der Waals surface area (Å²) in [5.41, 5.74) is 3.80. The van der Waals surface area contributed by atoms with Gasteiger partial charge in [0.15, 0.2) is 0 Å². The lowest BCUT2D eigenvalue weighted by Crippen LogP contribution is -2.25. The van der Waals surface area contributed by atoms with Crippen molar-refractivity contribution in [1.29, 1.82) is 0 Å². The number of para-hydroxylation sites is 2. The maximum Gasteiger partial charge on any atom is 0.125 e. The van der Waals surface area contributed by atoms with E-state index in [1.165, 1.54) is 23.4 Å². The largest absolute Gasteiger partial charge is 0.364 e. The fraction of sp³-hybridized carbons (Fsp3) is 0.333.